The van der Waals surface area contributed by atoms with Crippen molar-refractivity contribution in [3.8, 4) is 11.8 Å². The Bertz CT molecular complexity index is 356. The van der Waals surface area contributed by atoms with Crippen LogP contribution in [-0.4, -0.2) is 35.0 Å². The van der Waals surface area contributed by atoms with Crippen LogP contribution in [0.1, 0.15) is 90.9 Å². The number of hydrogen-bond donors (Lipinski definition) is 2. The topological polar surface area (TPSA) is 66.8 Å². The number of carbonyl (C=O) groups is 1. The summed E-state index contributed by atoms with van der Waals surface area (Å²) in [5.41, 5.74) is 0. The summed E-state index contributed by atoms with van der Waals surface area (Å²) in [4.78, 5) is 11.3. The van der Waals surface area contributed by atoms with E-state index in [-0.39, 0.29) is 6.61 Å². The molecule has 0 rings (SSSR count). The van der Waals surface area contributed by atoms with Gasteiger partial charge in [0.15, 0.2) is 6.10 Å². The summed E-state index contributed by atoms with van der Waals surface area (Å²) in [7, 11) is 0. The van der Waals surface area contributed by atoms with Gasteiger partial charge in [0.25, 0.3) is 0 Å². The van der Waals surface area contributed by atoms with Crippen molar-refractivity contribution in [3.05, 3.63) is 0 Å². The molecular formula is C20H36O4. The van der Waals surface area contributed by atoms with Crippen molar-refractivity contribution in [3.63, 3.8) is 0 Å². The lowest BCUT2D eigenvalue weighted by molar-refractivity contribution is -0.159. The van der Waals surface area contributed by atoms with E-state index >= 15 is 0 Å². The van der Waals surface area contributed by atoms with Gasteiger partial charge in [0, 0.05) is 12.8 Å². The third-order valence-electron chi connectivity index (χ3n) is 4.00. The number of esters is 1. The Kier molecular flexibility index (Phi) is 16.1. The zero-order valence-electron chi connectivity index (χ0n) is 15.6. The molecule has 2 atom stereocenters. The van der Waals surface area contributed by atoms with E-state index in [1.54, 1.807) is 6.92 Å². The van der Waals surface area contributed by atoms with Crippen LogP contribution in [0.15, 0.2) is 0 Å². The minimum Gasteiger partial charge on any atom is -0.464 e. The van der Waals surface area contributed by atoms with Gasteiger partial charge in [-0.1, -0.05) is 58.3 Å². The Morgan fingerprint density at radius 2 is 1.42 bits per heavy atom. The smallest absolute Gasteiger partial charge is 0.337 e. The van der Waals surface area contributed by atoms with Crippen molar-refractivity contribution < 1.29 is 19.7 Å². The summed E-state index contributed by atoms with van der Waals surface area (Å²) in [5.74, 6) is 5.54. The summed E-state index contributed by atoms with van der Waals surface area (Å²) >= 11 is 0. The number of rotatable bonds is 14. The first-order valence-electron chi connectivity index (χ1n) is 9.61. The Hall–Kier alpha value is -1.05. The van der Waals surface area contributed by atoms with Gasteiger partial charge < -0.3 is 14.9 Å². The molecule has 24 heavy (non-hydrogen) atoms. The summed E-state index contributed by atoms with van der Waals surface area (Å²) in [6.07, 6.45) is 10.5. The SMILES string of the molecule is CCC#CCCCCCCCCCCC[C@@H](O)[C@H](O)C(=O)OCC. The summed E-state index contributed by atoms with van der Waals surface area (Å²) < 4.78 is 4.69. The Morgan fingerprint density at radius 1 is 0.875 bits per heavy atom. The van der Waals surface area contributed by atoms with Crippen LogP contribution >= 0.6 is 0 Å². The molecule has 0 saturated heterocycles. The van der Waals surface area contributed by atoms with Crippen molar-refractivity contribution in [1.82, 2.24) is 0 Å². The number of aliphatic hydroxyl groups is 2. The second-order valence-corrected chi connectivity index (χ2v) is 6.19. The highest BCUT2D eigenvalue weighted by Gasteiger charge is 2.24. The zero-order valence-corrected chi connectivity index (χ0v) is 15.6. The standard InChI is InChI=1S/C20H36O4/c1-3-5-6-7-8-9-10-11-12-13-14-15-16-17-18(21)19(22)20(23)24-4-2/h18-19,21-22H,3-4,7-17H2,1-2H3/t18-,19+/m1/s1. The second kappa shape index (κ2) is 16.8. The predicted molar refractivity (Wildman–Crippen MR) is 97.5 cm³/mol. The molecule has 4 heteroatoms. The molecule has 0 saturated carbocycles. The van der Waals surface area contributed by atoms with Crippen molar-refractivity contribution in [2.45, 2.75) is 103 Å². The number of ether oxygens (including phenoxy) is 1. The molecule has 0 heterocycles. The third-order valence-corrected chi connectivity index (χ3v) is 4.00. The molecule has 140 valence electrons. The molecule has 0 amide bonds. The van der Waals surface area contributed by atoms with Crippen molar-refractivity contribution in [2.24, 2.45) is 0 Å². The molecule has 0 radical (unpaired) electrons. The third kappa shape index (κ3) is 13.4. The largest absolute Gasteiger partial charge is 0.464 e. The Labute approximate surface area is 148 Å². The second-order valence-electron chi connectivity index (χ2n) is 6.19. The Morgan fingerprint density at radius 3 is 1.96 bits per heavy atom. The van der Waals surface area contributed by atoms with Crippen molar-refractivity contribution in [1.29, 1.82) is 0 Å². The number of carbonyl (C=O) groups excluding carboxylic acids is 1. The quantitative estimate of drug-likeness (QED) is 0.285. The van der Waals surface area contributed by atoms with Gasteiger partial charge in [-0.2, -0.15) is 0 Å². The molecule has 0 bridgehead atoms. The van der Waals surface area contributed by atoms with Gasteiger partial charge in [0.05, 0.1) is 12.7 Å². The highest BCUT2D eigenvalue weighted by Crippen LogP contribution is 2.13. The minimum atomic E-state index is -1.41. The first kappa shape index (κ1) is 22.9. The van der Waals surface area contributed by atoms with Crippen LogP contribution in [0.25, 0.3) is 0 Å². The molecule has 2 N–H and O–H groups in total. The van der Waals surface area contributed by atoms with E-state index in [9.17, 15) is 15.0 Å². The first-order valence-corrected chi connectivity index (χ1v) is 9.61. The molecule has 0 fully saturated rings. The van der Waals surface area contributed by atoms with Gasteiger partial charge in [-0.05, 0) is 19.8 Å². The summed E-state index contributed by atoms with van der Waals surface area (Å²) in [6, 6.07) is 0. The number of hydrogen-bond acceptors (Lipinski definition) is 4. The summed E-state index contributed by atoms with van der Waals surface area (Å²) in [5, 5.41) is 19.3. The number of aliphatic hydroxyl groups excluding tert-OH is 2. The molecule has 0 unspecified atom stereocenters. The molecule has 0 aliphatic rings. The average Bonchev–Trinajstić information content (AvgIpc) is 2.58. The van der Waals surface area contributed by atoms with E-state index in [1.165, 1.54) is 38.5 Å². The van der Waals surface area contributed by atoms with E-state index < -0.39 is 18.2 Å². The van der Waals surface area contributed by atoms with Crippen LogP contribution in [0.4, 0.5) is 0 Å². The van der Waals surface area contributed by atoms with E-state index in [4.69, 9.17) is 0 Å². The van der Waals surface area contributed by atoms with Crippen molar-refractivity contribution in [2.75, 3.05) is 6.61 Å². The molecule has 0 aromatic carbocycles. The average molecular weight is 341 g/mol. The molecule has 0 spiro atoms. The zero-order chi connectivity index (χ0) is 18.0. The Balaban J connectivity index is 3.37. The highest BCUT2D eigenvalue weighted by atomic mass is 16.5. The van der Waals surface area contributed by atoms with Gasteiger partial charge in [0.2, 0.25) is 0 Å². The lowest BCUT2D eigenvalue weighted by Gasteiger charge is -2.16. The maximum absolute atomic E-state index is 11.3. The van der Waals surface area contributed by atoms with E-state index in [2.05, 4.69) is 23.5 Å². The van der Waals surface area contributed by atoms with Gasteiger partial charge in [0.1, 0.15) is 0 Å². The monoisotopic (exact) mass is 340 g/mol. The maximum Gasteiger partial charge on any atom is 0.337 e. The molecular weight excluding hydrogens is 304 g/mol. The number of unbranched alkanes of at least 4 members (excludes halogenated alkanes) is 9. The fourth-order valence-corrected chi connectivity index (χ4v) is 2.56. The van der Waals surface area contributed by atoms with Gasteiger partial charge in [-0.3, -0.25) is 0 Å². The molecule has 4 nitrogen and oxygen atoms in total. The predicted octanol–water partition coefficient (Wildman–Crippen LogP) is 3.98. The van der Waals surface area contributed by atoms with Crippen LogP contribution < -0.4 is 0 Å². The molecule has 0 aromatic heterocycles. The lowest BCUT2D eigenvalue weighted by Crippen LogP contribution is -2.35. The van der Waals surface area contributed by atoms with E-state index in [0.29, 0.717) is 6.42 Å². The maximum atomic E-state index is 11.3. The van der Waals surface area contributed by atoms with Gasteiger partial charge >= 0.3 is 5.97 Å². The van der Waals surface area contributed by atoms with Crippen LogP contribution in [0, 0.1) is 11.8 Å². The fraction of sp³-hybridized carbons (Fsp3) is 0.850. The highest BCUT2D eigenvalue weighted by molar-refractivity contribution is 5.75. The molecule has 0 aliphatic heterocycles. The van der Waals surface area contributed by atoms with E-state index in [0.717, 1.165) is 32.1 Å². The van der Waals surface area contributed by atoms with Gasteiger partial charge in [-0.15, -0.1) is 11.8 Å². The van der Waals surface area contributed by atoms with Crippen molar-refractivity contribution >= 4 is 5.97 Å². The lowest BCUT2D eigenvalue weighted by atomic mass is 10.0. The van der Waals surface area contributed by atoms with Gasteiger partial charge in [-0.25, -0.2) is 4.79 Å². The van der Waals surface area contributed by atoms with Crippen LogP contribution in [0.2, 0.25) is 0 Å². The minimum absolute atomic E-state index is 0.217. The molecule has 0 aromatic rings. The van der Waals surface area contributed by atoms with Crippen LogP contribution in [0.3, 0.4) is 0 Å². The fourth-order valence-electron chi connectivity index (χ4n) is 2.56. The first-order chi connectivity index (χ1) is 11.6. The normalized spacial score (nSPS) is 13.0. The van der Waals surface area contributed by atoms with E-state index in [1.807, 2.05) is 0 Å². The van der Waals surface area contributed by atoms with Crippen LogP contribution in [-0.2, 0) is 9.53 Å². The van der Waals surface area contributed by atoms with Crippen LogP contribution in [0.5, 0.6) is 0 Å². The summed E-state index contributed by atoms with van der Waals surface area (Å²) in [6.45, 7) is 3.97. The molecule has 0 aliphatic carbocycles.